The van der Waals surface area contributed by atoms with Gasteiger partial charge in [-0.1, -0.05) is 44.9 Å². The molecule has 1 aromatic rings. The maximum atomic E-state index is 13.9. The van der Waals surface area contributed by atoms with Gasteiger partial charge in [-0.3, -0.25) is 4.90 Å². The summed E-state index contributed by atoms with van der Waals surface area (Å²) in [6, 6.07) is 7.00. The average Bonchev–Trinajstić information content (AvgIpc) is 2.43. The minimum absolute atomic E-state index is 0.000648. The summed E-state index contributed by atoms with van der Waals surface area (Å²) in [7, 11) is 0. The third-order valence-electron chi connectivity index (χ3n) is 3.53. The van der Waals surface area contributed by atoms with Gasteiger partial charge in [0.2, 0.25) is 0 Å². The van der Waals surface area contributed by atoms with Gasteiger partial charge >= 0.3 is 0 Å². The topological polar surface area (TPSA) is 29.3 Å². The predicted molar refractivity (Wildman–Crippen MR) is 79.6 cm³/mol. The minimum atomic E-state index is -0.143. The molecule has 0 radical (unpaired) electrons. The van der Waals surface area contributed by atoms with Crippen LogP contribution in [0.25, 0.3) is 0 Å². The molecule has 0 bridgehead atoms. The van der Waals surface area contributed by atoms with Crippen LogP contribution in [0.5, 0.6) is 0 Å². The number of halogens is 1. The molecule has 0 aliphatic heterocycles. The summed E-state index contributed by atoms with van der Waals surface area (Å²) in [5, 5.41) is 0. The predicted octanol–water partition coefficient (Wildman–Crippen LogP) is 3.73. The lowest BCUT2D eigenvalue weighted by Gasteiger charge is -2.31. The highest BCUT2D eigenvalue weighted by Crippen LogP contribution is 2.23. The van der Waals surface area contributed by atoms with Crippen molar-refractivity contribution in [2.24, 2.45) is 5.73 Å². The zero-order valence-corrected chi connectivity index (χ0v) is 12.2. The Morgan fingerprint density at radius 1 is 1.11 bits per heavy atom. The molecule has 108 valence electrons. The molecule has 0 aromatic heterocycles. The molecule has 0 saturated carbocycles. The van der Waals surface area contributed by atoms with E-state index >= 15 is 0 Å². The molecule has 1 aromatic carbocycles. The molecular weight excluding hydrogens is 239 g/mol. The van der Waals surface area contributed by atoms with Crippen LogP contribution in [0.15, 0.2) is 24.3 Å². The molecule has 0 heterocycles. The lowest BCUT2D eigenvalue weighted by Crippen LogP contribution is -2.35. The number of nitrogens with zero attached hydrogens (tertiary/aromatic N) is 1. The molecule has 1 rings (SSSR count). The van der Waals surface area contributed by atoms with Gasteiger partial charge in [0.05, 0.1) is 0 Å². The molecule has 0 aliphatic rings. The Balaban J connectivity index is 2.85. The molecule has 2 N–H and O–H groups in total. The largest absolute Gasteiger partial charge is 0.329 e. The van der Waals surface area contributed by atoms with E-state index in [1.165, 1.54) is 6.07 Å². The third kappa shape index (κ3) is 4.92. The molecule has 1 atom stereocenters. The van der Waals surface area contributed by atoms with Crippen molar-refractivity contribution < 1.29 is 4.39 Å². The van der Waals surface area contributed by atoms with E-state index in [4.69, 9.17) is 5.73 Å². The van der Waals surface area contributed by atoms with Crippen LogP contribution in [-0.4, -0.2) is 24.5 Å². The van der Waals surface area contributed by atoms with E-state index in [9.17, 15) is 4.39 Å². The maximum absolute atomic E-state index is 13.9. The number of benzene rings is 1. The van der Waals surface area contributed by atoms with E-state index in [2.05, 4.69) is 18.7 Å². The summed E-state index contributed by atoms with van der Waals surface area (Å²) < 4.78 is 13.9. The van der Waals surface area contributed by atoms with Crippen molar-refractivity contribution in [2.75, 3.05) is 19.6 Å². The second kappa shape index (κ2) is 9.05. The molecule has 3 heteroatoms. The van der Waals surface area contributed by atoms with E-state index < -0.39 is 0 Å². The first-order valence-corrected chi connectivity index (χ1v) is 7.43. The quantitative estimate of drug-likeness (QED) is 0.738. The number of rotatable bonds is 9. The third-order valence-corrected chi connectivity index (χ3v) is 3.53. The van der Waals surface area contributed by atoms with Gasteiger partial charge < -0.3 is 5.73 Å². The maximum Gasteiger partial charge on any atom is 0.128 e. The first-order valence-electron chi connectivity index (χ1n) is 7.43. The first kappa shape index (κ1) is 16.1. The van der Waals surface area contributed by atoms with Crippen molar-refractivity contribution in [3.05, 3.63) is 35.6 Å². The standard InChI is InChI=1S/C16H27FN2/c1-3-5-11-19(12-6-4-2)16(13-18)14-9-7-8-10-15(14)17/h7-10,16H,3-6,11-13,18H2,1-2H3. The Labute approximate surface area is 116 Å². The summed E-state index contributed by atoms with van der Waals surface area (Å²) in [6.07, 6.45) is 4.57. The zero-order valence-electron chi connectivity index (χ0n) is 12.2. The van der Waals surface area contributed by atoms with Crippen LogP contribution in [0, 0.1) is 5.82 Å². The van der Waals surface area contributed by atoms with Gasteiger partial charge in [0, 0.05) is 18.2 Å². The van der Waals surface area contributed by atoms with Crippen molar-refractivity contribution in [1.29, 1.82) is 0 Å². The normalized spacial score (nSPS) is 12.9. The molecular formula is C16H27FN2. The number of hydrogen-bond donors (Lipinski definition) is 1. The van der Waals surface area contributed by atoms with E-state index in [-0.39, 0.29) is 11.9 Å². The molecule has 0 aliphatic carbocycles. The molecule has 19 heavy (non-hydrogen) atoms. The molecule has 2 nitrogen and oxygen atoms in total. The highest BCUT2D eigenvalue weighted by atomic mass is 19.1. The van der Waals surface area contributed by atoms with Gasteiger partial charge in [-0.25, -0.2) is 4.39 Å². The van der Waals surface area contributed by atoms with Crippen molar-refractivity contribution in [1.82, 2.24) is 4.90 Å². The van der Waals surface area contributed by atoms with Crippen LogP contribution < -0.4 is 5.73 Å². The fraction of sp³-hybridized carbons (Fsp3) is 0.625. The Morgan fingerprint density at radius 2 is 1.68 bits per heavy atom. The Bertz CT molecular complexity index is 346. The van der Waals surface area contributed by atoms with Crippen LogP contribution in [0.2, 0.25) is 0 Å². The number of nitrogens with two attached hydrogens (primary N) is 1. The first-order chi connectivity index (χ1) is 9.24. The summed E-state index contributed by atoms with van der Waals surface area (Å²) in [4.78, 5) is 2.34. The Kier molecular flexibility index (Phi) is 7.68. The lowest BCUT2D eigenvalue weighted by atomic mass is 10.0. The Hall–Kier alpha value is -0.930. The highest BCUT2D eigenvalue weighted by Gasteiger charge is 2.20. The average molecular weight is 266 g/mol. The summed E-state index contributed by atoms with van der Waals surface area (Å²) in [5.41, 5.74) is 6.64. The van der Waals surface area contributed by atoms with Gasteiger partial charge in [0.15, 0.2) is 0 Å². The molecule has 0 fully saturated rings. The van der Waals surface area contributed by atoms with Gasteiger partial charge in [0.25, 0.3) is 0 Å². The zero-order chi connectivity index (χ0) is 14.1. The van der Waals surface area contributed by atoms with Crippen LogP contribution in [0.3, 0.4) is 0 Å². The fourth-order valence-electron chi connectivity index (χ4n) is 2.36. The summed E-state index contributed by atoms with van der Waals surface area (Å²) >= 11 is 0. The Morgan fingerprint density at radius 3 is 2.16 bits per heavy atom. The smallest absolute Gasteiger partial charge is 0.128 e. The van der Waals surface area contributed by atoms with Crippen LogP contribution >= 0.6 is 0 Å². The van der Waals surface area contributed by atoms with Crippen LogP contribution in [-0.2, 0) is 0 Å². The van der Waals surface area contributed by atoms with E-state index in [1.807, 2.05) is 12.1 Å². The lowest BCUT2D eigenvalue weighted by molar-refractivity contribution is 0.192. The minimum Gasteiger partial charge on any atom is -0.329 e. The second-order valence-corrected chi connectivity index (χ2v) is 5.02. The van der Waals surface area contributed by atoms with Crippen molar-refractivity contribution in [3.63, 3.8) is 0 Å². The van der Waals surface area contributed by atoms with E-state index in [0.29, 0.717) is 6.54 Å². The SMILES string of the molecule is CCCCN(CCCC)C(CN)c1ccccc1F. The highest BCUT2D eigenvalue weighted by molar-refractivity contribution is 5.21. The van der Waals surface area contributed by atoms with E-state index in [0.717, 1.165) is 44.3 Å². The van der Waals surface area contributed by atoms with Crippen LogP contribution in [0.1, 0.15) is 51.1 Å². The van der Waals surface area contributed by atoms with Gasteiger partial charge in [-0.05, 0) is 32.0 Å². The van der Waals surface area contributed by atoms with Gasteiger partial charge in [-0.15, -0.1) is 0 Å². The number of hydrogen-bond acceptors (Lipinski definition) is 2. The van der Waals surface area contributed by atoms with Crippen LogP contribution in [0.4, 0.5) is 4.39 Å². The molecule has 0 saturated heterocycles. The molecule has 1 unspecified atom stereocenters. The monoisotopic (exact) mass is 266 g/mol. The van der Waals surface area contributed by atoms with Crippen molar-refractivity contribution in [3.8, 4) is 0 Å². The van der Waals surface area contributed by atoms with Crippen molar-refractivity contribution in [2.45, 2.75) is 45.6 Å². The summed E-state index contributed by atoms with van der Waals surface area (Å²) in [5.74, 6) is -0.143. The van der Waals surface area contributed by atoms with Crippen molar-refractivity contribution >= 4 is 0 Å². The summed E-state index contributed by atoms with van der Waals surface area (Å²) in [6.45, 7) is 6.81. The number of unbranched alkanes of at least 4 members (excludes halogenated alkanes) is 2. The molecule has 0 amide bonds. The second-order valence-electron chi connectivity index (χ2n) is 5.02. The van der Waals surface area contributed by atoms with Gasteiger partial charge in [0.1, 0.15) is 5.82 Å². The fourth-order valence-corrected chi connectivity index (χ4v) is 2.36. The van der Waals surface area contributed by atoms with E-state index in [1.54, 1.807) is 6.07 Å². The van der Waals surface area contributed by atoms with Gasteiger partial charge in [-0.2, -0.15) is 0 Å². The molecule has 0 spiro atoms.